The van der Waals surface area contributed by atoms with Crippen molar-refractivity contribution in [2.75, 3.05) is 0 Å². The first-order chi connectivity index (χ1) is 14.5. The Hall–Kier alpha value is -2.74. The van der Waals surface area contributed by atoms with Crippen LogP contribution in [0.1, 0.15) is 51.0 Å². The standard InChI is InChI=1S/C26H28N2OSi/c1-26(2,3)30(20-12-7-5-8-13-20,21-14-9-6-10-15-21)29-24-17-11-16-23-22(24)18-19-25(27-4)28-23/h5-10,12-15,18-19,24H,11,16-17H2,1-3H3. The van der Waals surface area contributed by atoms with Gasteiger partial charge in [0.1, 0.15) is 5.69 Å². The number of pyridine rings is 1. The predicted octanol–water partition coefficient (Wildman–Crippen LogP) is 5.59. The fraction of sp³-hybridized carbons (Fsp3) is 0.308. The van der Waals surface area contributed by atoms with E-state index in [1.807, 2.05) is 6.07 Å². The van der Waals surface area contributed by atoms with Crippen LogP contribution in [0.4, 0.5) is 5.82 Å². The van der Waals surface area contributed by atoms with E-state index in [9.17, 15) is 0 Å². The summed E-state index contributed by atoms with van der Waals surface area (Å²) in [4.78, 5) is 8.12. The Morgan fingerprint density at radius 3 is 2.07 bits per heavy atom. The van der Waals surface area contributed by atoms with Crippen molar-refractivity contribution in [3.63, 3.8) is 0 Å². The highest BCUT2D eigenvalue weighted by molar-refractivity contribution is 6.99. The zero-order valence-corrected chi connectivity index (χ0v) is 18.9. The van der Waals surface area contributed by atoms with Crippen molar-refractivity contribution >= 4 is 24.5 Å². The van der Waals surface area contributed by atoms with E-state index in [-0.39, 0.29) is 11.1 Å². The van der Waals surface area contributed by atoms with Gasteiger partial charge < -0.3 is 9.27 Å². The van der Waals surface area contributed by atoms with E-state index in [1.54, 1.807) is 0 Å². The fourth-order valence-corrected chi connectivity index (χ4v) is 9.38. The maximum atomic E-state index is 7.34. The second-order valence-electron chi connectivity index (χ2n) is 8.98. The van der Waals surface area contributed by atoms with Crippen molar-refractivity contribution in [3.05, 3.63) is 95.5 Å². The van der Waals surface area contributed by atoms with E-state index in [2.05, 4.69) is 97.3 Å². The molecular weight excluding hydrogens is 384 g/mol. The van der Waals surface area contributed by atoms with Crippen LogP contribution in [0.25, 0.3) is 4.85 Å². The SMILES string of the molecule is [C-]#[N+]c1ccc2c(n1)CCCC2O[Si](c1ccccc1)(c1ccccc1)C(C)(C)C. The van der Waals surface area contributed by atoms with Crippen LogP contribution in [0.15, 0.2) is 72.8 Å². The molecule has 0 saturated heterocycles. The minimum absolute atomic E-state index is 0.00709. The number of hydrogen-bond donors (Lipinski definition) is 0. The molecule has 0 bridgehead atoms. The molecule has 0 N–H and O–H groups in total. The smallest absolute Gasteiger partial charge is 0.269 e. The van der Waals surface area contributed by atoms with E-state index in [4.69, 9.17) is 11.0 Å². The third kappa shape index (κ3) is 3.60. The highest BCUT2D eigenvalue weighted by Gasteiger charge is 2.52. The average Bonchev–Trinajstić information content (AvgIpc) is 2.77. The van der Waals surface area contributed by atoms with Gasteiger partial charge in [-0.05, 0) is 34.3 Å². The molecule has 0 amide bonds. The summed E-state index contributed by atoms with van der Waals surface area (Å²) in [6, 6.07) is 25.4. The van der Waals surface area contributed by atoms with Crippen molar-refractivity contribution in [2.45, 2.75) is 51.2 Å². The van der Waals surface area contributed by atoms with Gasteiger partial charge in [0.25, 0.3) is 14.1 Å². The first-order valence-electron chi connectivity index (χ1n) is 10.6. The lowest BCUT2D eigenvalue weighted by Crippen LogP contribution is -2.67. The maximum Gasteiger partial charge on any atom is 0.269 e. The van der Waals surface area contributed by atoms with Crippen molar-refractivity contribution < 1.29 is 4.43 Å². The largest absolute Gasteiger partial charge is 0.400 e. The van der Waals surface area contributed by atoms with Gasteiger partial charge in [-0.1, -0.05) is 94.1 Å². The lowest BCUT2D eigenvalue weighted by atomic mass is 9.93. The lowest BCUT2D eigenvalue weighted by Gasteiger charge is -2.45. The highest BCUT2D eigenvalue weighted by atomic mass is 28.4. The van der Waals surface area contributed by atoms with Crippen LogP contribution in [-0.4, -0.2) is 13.3 Å². The second kappa shape index (κ2) is 8.18. The molecule has 3 aromatic rings. The Bertz CT molecular complexity index is 1010. The molecule has 4 heteroatoms. The van der Waals surface area contributed by atoms with Gasteiger partial charge in [0.15, 0.2) is 0 Å². The third-order valence-electron chi connectivity index (χ3n) is 6.07. The molecule has 0 spiro atoms. The minimum atomic E-state index is -2.62. The molecule has 0 saturated carbocycles. The Morgan fingerprint density at radius 1 is 0.933 bits per heavy atom. The van der Waals surface area contributed by atoms with Gasteiger partial charge in [-0.3, -0.25) is 0 Å². The van der Waals surface area contributed by atoms with Crippen molar-refractivity contribution in [1.82, 2.24) is 4.98 Å². The van der Waals surface area contributed by atoms with Gasteiger partial charge in [-0.15, -0.1) is 4.98 Å². The summed E-state index contributed by atoms with van der Waals surface area (Å²) >= 11 is 0. The zero-order chi connectivity index (χ0) is 21.2. The zero-order valence-electron chi connectivity index (χ0n) is 17.9. The summed E-state index contributed by atoms with van der Waals surface area (Å²) in [6.45, 7) is 14.2. The van der Waals surface area contributed by atoms with Gasteiger partial charge in [0.05, 0.1) is 6.10 Å². The Morgan fingerprint density at radius 2 is 1.53 bits per heavy atom. The summed E-state index contributed by atoms with van der Waals surface area (Å²) in [5.74, 6) is 0.472. The molecule has 0 fully saturated rings. The quantitative estimate of drug-likeness (QED) is 0.413. The maximum absolute atomic E-state index is 7.34. The van der Waals surface area contributed by atoms with Crippen LogP contribution in [0, 0.1) is 6.57 Å². The van der Waals surface area contributed by atoms with Gasteiger partial charge >= 0.3 is 0 Å². The van der Waals surface area contributed by atoms with E-state index >= 15 is 0 Å². The topological polar surface area (TPSA) is 26.5 Å². The molecule has 152 valence electrons. The van der Waals surface area contributed by atoms with E-state index < -0.39 is 8.32 Å². The number of benzene rings is 2. The molecule has 1 unspecified atom stereocenters. The number of aryl methyl sites for hydroxylation is 1. The molecule has 3 nitrogen and oxygen atoms in total. The van der Waals surface area contributed by atoms with Crippen LogP contribution in [0.5, 0.6) is 0 Å². The number of nitrogens with zero attached hydrogens (tertiary/aromatic N) is 2. The Balaban J connectivity index is 1.88. The molecule has 1 atom stereocenters. The monoisotopic (exact) mass is 412 g/mol. The molecule has 1 aliphatic carbocycles. The lowest BCUT2D eigenvalue weighted by molar-refractivity contribution is 0.168. The summed E-state index contributed by atoms with van der Waals surface area (Å²) in [7, 11) is -2.62. The van der Waals surface area contributed by atoms with Crippen molar-refractivity contribution in [2.24, 2.45) is 0 Å². The molecular formula is C26H28N2OSi. The van der Waals surface area contributed by atoms with Crippen molar-refractivity contribution in [1.29, 1.82) is 0 Å². The summed E-state index contributed by atoms with van der Waals surface area (Å²) in [5.41, 5.74) is 2.18. The number of hydrogen-bond acceptors (Lipinski definition) is 2. The Kier molecular flexibility index (Phi) is 5.60. The van der Waals surface area contributed by atoms with Gasteiger partial charge in [-0.2, -0.15) is 0 Å². The third-order valence-corrected chi connectivity index (χ3v) is 11.1. The normalized spacial score (nSPS) is 16.5. The average molecular weight is 413 g/mol. The van der Waals surface area contributed by atoms with Crippen LogP contribution in [0.2, 0.25) is 5.04 Å². The van der Waals surface area contributed by atoms with E-state index in [1.165, 1.54) is 10.4 Å². The molecule has 0 radical (unpaired) electrons. The summed E-state index contributed by atoms with van der Waals surface area (Å²) < 4.78 is 7.34. The molecule has 0 aliphatic heterocycles. The number of fused-ring (bicyclic) bond motifs is 1. The van der Waals surface area contributed by atoms with Gasteiger partial charge in [0.2, 0.25) is 0 Å². The van der Waals surface area contributed by atoms with Crippen molar-refractivity contribution in [3.8, 4) is 0 Å². The van der Waals surface area contributed by atoms with E-state index in [0.717, 1.165) is 30.5 Å². The second-order valence-corrected chi connectivity index (χ2v) is 13.2. The predicted molar refractivity (Wildman–Crippen MR) is 125 cm³/mol. The minimum Gasteiger partial charge on any atom is -0.400 e. The summed E-state index contributed by atoms with van der Waals surface area (Å²) in [5, 5.41) is 2.53. The highest BCUT2D eigenvalue weighted by Crippen LogP contribution is 2.42. The Labute approximate surface area is 180 Å². The molecule has 4 rings (SSSR count). The molecule has 2 aromatic carbocycles. The molecule has 1 aromatic heterocycles. The van der Waals surface area contributed by atoms with Crippen LogP contribution < -0.4 is 10.4 Å². The number of rotatable bonds is 4. The van der Waals surface area contributed by atoms with Crippen LogP contribution in [0.3, 0.4) is 0 Å². The first kappa shape index (κ1) is 20.5. The van der Waals surface area contributed by atoms with Gasteiger partial charge in [0, 0.05) is 12.0 Å². The van der Waals surface area contributed by atoms with E-state index in [0.29, 0.717) is 5.82 Å². The number of aromatic nitrogens is 1. The molecule has 30 heavy (non-hydrogen) atoms. The summed E-state index contributed by atoms with van der Waals surface area (Å²) in [6.07, 6.45) is 2.92. The van der Waals surface area contributed by atoms with Crippen LogP contribution >= 0.6 is 0 Å². The van der Waals surface area contributed by atoms with Crippen LogP contribution in [-0.2, 0) is 10.8 Å². The first-order valence-corrected chi connectivity index (χ1v) is 12.5. The molecule has 1 aliphatic rings. The van der Waals surface area contributed by atoms with Gasteiger partial charge in [-0.25, -0.2) is 0 Å². The molecule has 1 heterocycles. The fourth-order valence-electron chi connectivity index (χ4n) is 4.69.